The number of nitrogens with one attached hydrogen (secondary N) is 4. The summed E-state index contributed by atoms with van der Waals surface area (Å²) in [5, 5.41) is 23.2. The third-order valence-corrected chi connectivity index (χ3v) is 13.2. The van der Waals surface area contributed by atoms with Crippen molar-refractivity contribution in [1.29, 1.82) is 0 Å². The number of benzene rings is 2. The van der Waals surface area contributed by atoms with Gasteiger partial charge in [0.25, 0.3) is 0 Å². The molecule has 87 heavy (non-hydrogen) atoms. The van der Waals surface area contributed by atoms with Gasteiger partial charge in [-0.3, -0.25) is 28.8 Å². The molecule has 0 fully saturated rings. The zero-order valence-corrected chi connectivity index (χ0v) is 48.8. The Morgan fingerprint density at radius 3 is 1.24 bits per heavy atom. The highest BCUT2D eigenvalue weighted by molar-refractivity contribution is 5.90. The highest BCUT2D eigenvalue weighted by Gasteiger charge is 2.42. The molecule has 2 aromatic heterocycles. The lowest BCUT2D eigenvalue weighted by Crippen LogP contribution is -2.51. The van der Waals surface area contributed by atoms with E-state index in [0.29, 0.717) is 24.3 Å². The molecular formula is C54H66F12N12O9. The van der Waals surface area contributed by atoms with E-state index in [2.05, 4.69) is 41.7 Å². The van der Waals surface area contributed by atoms with Crippen molar-refractivity contribution in [2.24, 2.45) is 11.8 Å². The van der Waals surface area contributed by atoms with Crippen LogP contribution in [0, 0.1) is 46.7 Å². The number of ether oxygens (including phenoxy) is 2. The fourth-order valence-electron chi connectivity index (χ4n) is 8.94. The van der Waals surface area contributed by atoms with Crippen LogP contribution in [0.4, 0.5) is 57.5 Å². The number of fused-ring (bicyclic) bond motifs is 2. The summed E-state index contributed by atoms with van der Waals surface area (Å²) in [4.78, 5) is 92.2. The van der Waals surface area contributed by atoms with Crippen LogP contribution >= 0.6 is 0 Å². The van der Waals surface area contributed by atoms with Crippen LogP contribution in [-0.2, 0) is 89.6 Å². The van der Waals surface area contributed by atoms with Gasteiger partial charge in [-0.2, -0.15) is 26.3 Å². The molecule has 4 N–H and O–H groups in total. The fraction of sp³-hybridized carbons (Fsp3) is 0.574. The number of esters is 1. The van der Waals surface area contributed by atoms with Crippen LogP contribution < -0.4 is 21.3 Å². The van der Waals surface area contributed by atoms with Crippen molar-refractivity contribution in [2.75, 3.05) is 13.1 Å². The summed E-state index contributed by atoms with van der Waals surface area (Å²) in [7, 11) is 0. The first-order chi connectivity index (χ1) is 40.1. The van der Waals surface area contributed by atoms with Gasteiger partial charge in [0.05, 0.1) is 25.4 Å². The van der Waals surface area contributed by atoms with Crippen LogP contribution in [0.3, 0.4) is 0 Å². The van der Waals surface area contributed by atoms with Crippen molar-refractivity contribution >= 4 is 41.6 Å². The Bertz CT molecular complexity index is 3180. The number of carbonyl (C=O) groups excluding carboxylic acids is 7. The van der Waals surface area contributed by atoms with E-state index in [1.165, 1.54) is 23.6 Å². The van der Waals surface area contributed by atoms with Crippen molar-refractivity contribution in [3.05, 3.63) is 93.6 Å². The molecule has 0 saturated carbocycles. The molecule has 2 aliphatic heterocycles. The summed E-state index contributed by atoms with van der Waals surface area (Å²) in [5.74, 6) is -15.8. The number of halogens is 12. The summed E-state index contributed by atoms with van der Waals surface area (Å²) in [6.07, 6.45) is -12.6. The van der Waals surface area contributed by atoms with Crippen LogP contribution in [-0.4, -0.2) is 129 Å². The van der Waals surface area contributed by atoms with E-state index in [4.69, 9.17) is 9.47 Å². The van der Waals surface area contributed by atoms with E-state index in [1.54, 1.807) is 55.4 Å². The maximum Gasteiger partial charge on any atom is 0.451 e. The van der Waals surface area contributed by atoms with Crippen LogP contribution in [0.1, 0.15) is 123 Å². The van der Waals surface area contributed by atoms with Crippen molar-refractivity contribution in [2.45, 2.75) is 175 Å². The largest absolute Gasteiger partial charge is 0.460 e. The molecule has 0 bridgehead atoms. The maximum atomic E-state index is 14.6. The molecular weight excluding hydrogens is 1190 g/mol. The van der Waals surface area contributed by atoms with Crippen LogP contribution in [0.5, 0.6) is 0 Å². The Balaban J connectivity index is 0.000000321. The first-order valence-corrected chi connectivity index (χ1v) is 27.0. The molecule has 4 heterocycles. The van der Waals surface area contributed by atoms with E-state index >= 15 is 0 Å². The smallest absolute Gasteiger partial charge is 0.451 e. The van der Waals surface area contributed by atoms with Gasteiger partial charge in [0, 0.05) is 63.2 Å². The summed E-state index contributed by atoms with van der Waals surface area (Å²) in [6, 6.07) is -2.95. The number of amides is 6. The maximum absolute atomic E-state index is 14.6. The number of aromatic nitrogens is 6. The van der Waals surface area contributed by atoms with Crippen molar-refractivity contribution in [3.63, 3.8) is 0 Å². The number of hydrogen-bond donors (Lipinski definition) is 4. The molecule has 0 spiro atoms. The molecule has 21 nitrogen and oxygen atoms in total. The summed E-state index contributed by atoms with van der Waals surface area (Å²) in [5.41, 5.74) is -2.32. The normalized spacial score (nSPS) is 15.3. The second-order valence-corrected chi connectivity index (χ2v) is 23.0. The number of nitrogens with zero attached hydrogens (tertiary/aromatic N) is 8. The number of carbonyl (C=O) groups is 7. The van der Waals surface area contributed by atoms with Crippen molar-refractivity contribution < 1.29 is 95.7 Å². The van der Waals surface area contributed by atoms with Crippen LogP contribution in [0.2, 0.25) is 0 Å². The molecule has 6 amide bonds. The monoisotopic (exact) mass is 1250 g/mol. The lowest BCUT2D eigenvalue weighted by atomic mass is 9.91. The van der Waals surface area contributed by atoms with E-state index in [0.717, 1.165) is 9.13 Å². The average Bonchev–Trinajstić information content (AvgIpc) is 2.03. The van der Waals surface area contributed by atoms with E-state index in [-0.39, 0.29) is 74.4 Å². The Morgan fingerprint density at radius 2 is 0.874 bits per heavy atom. The molecule has 6 rings (SSSR count). The Hall–Kier alpha value is -8.03. The van der Waals surface area contributed by atoms with Gasteiger partial charge >= 0.3 is 24.4 Å². The molecule has 2 aromatic carbocycles. The number of alkyl halides is 6. The summed E-state index contributed by atoms with van der Waals surface area (Å²) in [6.45, 7) is 14.5. The van der Waals surface area contributed by atoms with Gasteiger partial charge < -0.3 is 49.7 Å². The van der Waals surface area contributed by atoms with E-state index in [1.807, 2.05) is 0 Å². The van der Waals surface area contributed by atoms with Gasteiger partial charge in [-0.1, -0.05) is 13.8 Å². The highest BCUT2D eigenvalue weighted by atomic mass is 19.4. The lowest BCUT2D eigenvalue weighted by molar-refractivity contribution is -0.158. The fourth-order valence-corrected chi connectivity index (χ4v) is 8.94. The first kappa shape index (κ1) is 69.7. The van der Waals surface area contributed by atoms with Gasteiger partial charge in [-0.25, -0.2) is 31.1 Å². The van der Waals surface area contributed by atoms with Crippen molar-refractivity contribution in [3.8, 4) is 0 Å². The average molecular weight is 1260 g/mol. The van der Waals surface area contributed by atoms with Gasteiger partial charge in [0.1, 0.15) is 34.9 Å². The number of alkyl carbamates (subject to hydrolysis) is 1. The Morgan fingerprint density at radius 1 is 0.494 bits per heavy atom. The third kappa shape index (κ3) is 20.0. The minimum Gasteiger partial charge on any atom is -0.460 e. The predicted octanol–water partition coefficient (Wildman–Crippen LogP) is 6.77. The number of rotatable bonds is 18. The van der Waals surface area contributed by atoms with Gasteiger partial charge in [-0.05, 0) is 97.4 Å². The third-order valence-electron chi connectivity index (χ3n) is 13.2. The van der Waals surface area contributed by atoms with Gasteiger partial charge in [-0.15, -0.1) is 20.4 Å². The van der Waals surface area contributed by atoms with Crippen LogP contribution in [0.25, 0.3) is 0 Å². The molecule has 33 heteroatoms. The lowest BCUT2D eigenvalue weighted by Gasteiger charge is -2.30. The van der Waals surface area contributed by atoms with Gasteiger partial charge in [0.2, 0.25) is 41.2 Å². The quantitative estimate of drug-likeness (QED) is 0.0457. The highest BCUT2D eigenvalue weighted by Crippen LogP contribution is 2.32. The van der Waals surface area contributed by atoms with Crippen LogP contribution in [0.15, 0.2) is 24.3 Å². The van der Waals surface area contributed by atoms with E-state index < -0.39 is 167 Å². The zero-order chi connectivity index (χ0) is 65.4. The zero-order valence-electron chi connectivity index (χ0n) is 48.8. The van der Waals surface area contributed by atoms with Gasteiger partial charge in [0.15, 0.2) is 34.9 Å². The topological polar surface area (TPSA) is 254 Å². The second-order valence-electron chi connectivity index (χ2n) is 23.0. The molecule has 4 aromatic rings. The Labute approximate surface area is 490 Å². The Kier molecular flexibility index (Phi) is 22.6. The molecule has 0 radical (unpaired) electrons. The first-order valence-electron chi connectivity index (χ1n) is 27.0. The molecule has 0 saturated heterocycles. The second kappa shape index (κ2) is 28.2. The minimum absolute atomic E-state index is 0.102. The molecule has 5 atom stereocenters. The predicted molar refractivity (Wildman–Crippen MR) is 279 cm³/mol. The number of hydrogen-bond acceptors (Lipinski definition) is 13. The molecule has 480 valence electrons. The SMILES string of the molecule is CC(NC(=O)C(CC(=O)OC(C)(C)C)C(C)C)C(=O)NC(CC(=O)N1CCn2c(nnc2C(F)(F)F)C1)Cc1cc(F)c(F)cc1F.CC(NC(=O)OC(C)(C)C)C(=O)NC(CC(=O)N1CCn2c(nnc2C(F)(F)F)C1)Cc1cc(F)c(F)cc1F. The summed E-state index contributed by atoms with van der Waals surface area (Å²) < 4.78 is 175. The standard InChI is InChI=1S/C30H38F6N6O5.C24H28F6N6O4/c1-15(2)19(12-25(44)47-29(4,5)6)27(46)37-16(3)26(45)38-18(9-17-10-21(32)22(33)13-20(17)31)11-24(43)41-7-8-42-23(14-41)39-40-28(42)30(34,35)36;1-12(31-22(39)40-23(2,3)4)20(38)32-14(7-13-8-16(26)17(27)10-15(13)25)9-19(37)35-5-6-36-18(11-35)33-34-21(36)24(28,29)30/h10,13,15-16,18-19H,7-9,11-12,14H2,1-6H3,(H,37,46)(H,38,45);8,10,12,14H,5-7,9,11H2,1-4H3,(H,31,39)(H,32,38). The molecule has 0 aliphatic carbocycles. The minimum atomic E-state index is -4.75. The summed E-state index contributed by atoms with van der Waals surface area (Å²) >= 11 is 0. The van der Waals surface area contributed by atoms with Crippen molar-refractivity contribution in [1.82, 2.24) is 60.6 Å². The molecule has 2 aliphatic rings. The molecule has 5 unspecified atom stereocenters. The van der Waals surface area contributed by atoms with E-state index in [9.17, 15) is 86.2 Å².